The summed E-state index contributed by atoms with van der Waals surface area (Å²) in [5.41, 5.74) is 1.60. The molecule has 0 spiro atoms. The van der Waals surface area contributed by atoms with E-state index in [0.29, 0.717) is 41.9 Å². The Morgan fingerprint density at radius 1 is 1.26 bits per heavy atom. The highest BCUT2D eigenvalue weighted by atomic mass is 19.1. The Kier molecular flexibility index (Phi) is 6.16. The van der Waals surface area contributed by atoms with Crippen LogP contribution >= 0.6 is 0 Å². The van der Waals surface area contributed by atoms with Crippen molar-refractivity contribution in [2.45, 2.75) is 25.7 Å². The van der Waals surface area contributed by atoms with Crippen LogP contribution < -0.4 is 9.47 Å². The predicted octanol–water partition coefficient (Wildman–Crippen LogP) is 3.98. The molecule has 4 rings (SSSR count). The molecule has 0 radical (unpaired) electrons. The van der Waals surface area contributed by atoms with Gasteiger partial charge in [-0.2, -0.15) is 4.98 Å². The quantitative estimate of drug-likeness (QED) is 0.595. The topological polar surface area (TPSA) is 77.7 Å². The van der Waals surface area contributed by atoms with Crippen LogP contribution in [0.25, 0.3) is 11.4 Å². The summed E-state index contributed by atoms with van der Waals surface area (Å²) in [4.78, 5) is 18.9. The van der Waals surface area contributed by atoms with Crippen molar-refractivity contribution in [1.29, 1.82) is 0 Å². The normalized spacial score (nSPS) is 16.2. The molecule has 1 fully saturated rings. The molecule has 2 aromatic carbocycles. The lowest BCUT2D eigenvalue weighted by Crippen LogP contribution is -2.41. The van der Waals surface area contributed by atoms with Crippen molar-refractivity contribution in [2.24, 2.45) is 0 Å². The van der Waals surface area contributed by atoms with Crippen LogP contribution in [0, 0.1) is 12.7 Å². The number of nitrogens with zero attached hydrogens (tertiary/aromatic N) is 3. The molecule has 1 saturated heterocycles. The van der Waals surface area contributed by atoms with E-state index in [1.54, 1.807) is 30.2 Å². The Balaban J connectivity index is 1.39. The largest absolute Gasteiger partial charge is 0.493 e. The van der Waals surface area contributed by atoms with Crippen LogP contribution in [-0.4, -0.2) is 47.8 Å². The third kappa shape index (κ3) is 4.84. The van der Waals surface area contributed by atoms with E-state index in [1.165, 1.54) is 12.1 Å². The van der Waals surface area contributed by atoms with Crippen molar-refractivity contribution in [3.8, 4) is 22.9 Å². The SMILES string of the molecule is COc1cc(C)ccc1OCC(=O)N1CCCC(c2nc(-c3cccc(F)c3)no2)C1. The first kappa shape index (κ1) is 20.8. The lowest BCUT2D eigenvalue weighted by Gasteiger charge is -2.31. The molecule has 162 valence electrons. The number of halogens is 1. The number of rotatable bonds is 6. The maximum Gasteiger partial charge on any atom is 0.260 e. The smallest absolute Gasteiger partial charge is 0.260 e. The molecule has 0 aliphatic carbocycles. The van der Waals surface area contributed by atoms with Gasteiger partial charge in [-0.3, -0.25) is 4.79 Å². The first-order valence-electron chi connectivity index (χ1n) is 10.2. The average molecular weight is 425 g/mol. The van der Waals surface area contributed by atoms with E-state index >= 15 is 0 Å². The Hall–Kier alpha value is -3.42. The Bertz CT molecular complexity index is 1070. The third-order valence-electron chi connectivity index (χ3n) is 5.32. The number of amides is 1. The number of hydrogen-bond acceptors (Lipinski definition) is 6. The van der Waals surface area contributed by atoms with Crippen LogP contribution in [0.4, 0.5) is 4.39 Å². The molecule has 0 N–H and O–H groups in total. The maximum atomic E-state index is 13.5. The average Bonchev–Trinajstić information content (AvgIpc) is 3.28. The van der Waals surface area contributed by atoms with Crippen molar-refractivity contribution in [1.82, 2.24) is 15.0 Å². The highest BCUT2D eigenvalue weighted by molar-refractivity contribution is 5.78. The number of hydrogen-bond donors (Lipinski definition) is 0. The molecular formula is C23H24FN3O4. The Morgan fingerprint density at radius 3 is 2.94 bits per heavy atom. The first-order chi connectivity index (χ1) is 15.0. The monoisotopic (exact) mass is 425 g/mol. The van der Waals surface area contributed by atoms with Crippen molar-refractivity contribution in [3.05, 3.63) is 59.7 Å². The van der Waals surface area contributed by atoms with Crippen molar-refractivity contribution in [2.75, 3.05) is 26.8 Å². The number of likely N-dealkylation sites (tertiary alicyclic amines) is 1. The lowest BCUT2D eigenvalue weighted by atomic mass is 9.98. The van der Waals surface area contributed by atoms with Gasteiger partial charge >= 0.3 is 0 Å². The van der Waals surface area contributed by atoms with E-state index in [1.807, 2.05) is 19.1 Å². The summed E-state index contributed by atoms with van der Waals surface area (Å²) >= 11 is 0. The van der Waals surface area contributed by atoms with Crippen LogP contribution in [-0.2, 0) is 4.79 Å². The van der Waals surface area contributed by atoms with Gasteiger partial charge in [0, 0.05) is 18.7 Å². The summed E-state index contributed by atoms with van der Waals surface area (Å²) in [5, 5.41) is 3.98. The number of ether oxygens (including phenoxy) is 2. The van der Waals surface area contributed by atoms with E-state index in [9.17, 15) is 9.18 Å². The zero-order chi connectivity index (χ0) is 21.8. The number of benzene rings is 2. The zero-order valence-electron chi connectivity index (χ0n) is 17.5. The minimum atomic E-state index is -0.358. The van der Waals surface area contributed by atoms with Gasteiger partial charge in [-0.15, -0.1) is 0 Å². The van der Waals surface area contributed by atoms with Gasteiger partial charge < -0.3 is 18.9 Å². The van der Waals surface area contributed by atoms with E-state index < -0.39 is 0 Å². The zero-order valence-corrected chi connectivity index (χ0v) is 17.5. The van der Waals surface area contributed by atoms with Gasteiger partial charge in [0.05, 0.1) is 13.0 Å². The van der Waals surface area contributed by atoms with Crippen molar-refractivity contribution in [3.63, 3.8) is 0 Å². The highest BCUT2D eigenvalue weighted by Gasteiger charge is 2.29. The Labute approximate surface area is 179 Å². The summed E-state index contributed by atoms with van der Waals surface area (Å²) in [6.07, 6.45) is 1.66. The molecule has 1 amide bonds. The van der Waals surface area contributed by atoms with Crippen molar-refractivity contribution < 1.29 is 23.2 Å². The fourth-order valence-corrected chi connectivity index (χ4v) is 3.68. The second-order valence-electron chi connectivity index (χ2n) is 7.59. The summed E-state index contributed by atoms with van der Waals surface area (Å²) in [6.45, 7) is 3.00. The maximum absolute atomic E-state index is 13.5. The highest BCUT2D eigenvalue weighted by Crippen LogP contribution is 2.29. The number of methoxy groups -OCH3 is 1. The second-order valence-corrected chi connectivity index (χ2v) is 7.59. The fourth-order valence-electron chi connectivity index (χ4n) is 3.68. The fraction of sp³-hybridized carbons (Fsp3) is 0.348. The molecule has 31 heavy (non-hydrogen) atoms. The molecular weight excluding hydrogens is 401 g/mol. The minimum Gasteiger partial charge on any atom is -0.493 e. The Morgan fingerprint density at radius 2 is 2.13 bits per heavy atom. The second kappa shape index (κ2) is 9.16. The standard InChI is InChI=1S/C23H24FN3O4/c1-15-8-9-19(20(11-15)29-2)30-14-21(28)27-10-4-6-17(13-27)23-25-22(26-31-23)16-5-3-7-18(24)12-16/h3,5,7-9,11-12,17H,4,6,10,13-14H2,1-2H3. The minimum absolute atomic E-state index is 0.0681. The van der Waals surface area contributed by atoms with Gasteiger partial charge in [0.1, 0.15) is 5.82 Å². The predicted molar refractivity (Wildman–Crippen MR) is 111 cm³/mol. The van der Waals surface area contributed by atoms with Gasteiger partial charge in [-0.25, -0.2) is 4.39 Å². The molecule has 1 aliphatic rings. The number of piperidine rings is 1. The van der Waals surface area contributed by atoms with Crippen LogP contribution in [0.3, 0.4) is 0 Å². The molecule has 1 unspecified atom stereocenters. The molecule has 7 nitrogen and oxygen atoms in total. The van der Waals surface area contributed by atoms with Gasteiger partial charge in [0.25, 0.3) is 5.91 Å². The molecule has 2 heterocycles. The lowest BCUT2D eigenvalue weighted by molar-refractivity contribution is -0.134. The first-order valence-corrected chi connectivity index (χ1v) is 10.2. The molecule has 1 aliphatic heterocycles. The molecule has 0 bridgehead atoms. The van der Waals surface area contributed by atoms with Crippen LogP contribution in [0.15, 0.2) is 47.0 Å². The van der Waals surface area contributed by atoms with Gasteiger partial charge in [0.15, 0.2) is 18.1 Å². The summed E-state index contributed by atoms with van der Waals surface area (Å²) in [6, 6.07) is 11.6. The van der Waals surface area contributed by atoms with Crippen LogP contribution in [0.2, 0.25) is 0 Å². The summed E-state index contributed by atoms with van der Waals surface area (Å²) in [5.74, 6) is 1.39. The van der Waals surface area contributed by atoms with Gasteiger partial charge in [-0.05, 0) is 49.6 Å². The van der Waals surface area contributed by atoms with Crippen LogP contribution in [0.1, 0.15) is 30.2 Å². The van der Waals surface area contributed by atoms with Crippen molar-refractivity contribution >= 4 is 5.91 Å². The van der Waals surface area contributed by atoms with E-state index in [2.05, 4.69) is 10.1 Å². The van der Waals surface area contributed by atoms with Gasteiger partial charge in [0.2, 0.25) is 11.7 Å². The number of carbonyl (C=O) groups is 1. The van der Waals surface area contributed by atoms with E-state index in [0.717, 1.165) is 18.4 Å². The van der Waals surface area contributed by atoms with E-state index in [4.69, 9.17) is 14.0 Å². The third-order valence-corrected chi connectivity index (χ3v) is 5.32. The van der Waals surface area contributed by atoms with Crippen LogP contribution in [0.5, 0.6) is 11.5 Å². The van der Waals surface area contributed by atoms with E-state index in [-0.39, 0.29) is 24.2 Å². The number of aryl methyl sites for hydroxylation is 1. The number of carbonyl (C=O) groups excluding carboxylic acids is 1. The molecule has 8 heteroatoms. The molecule has 1 atom stereocenters. The summed E-state index contributed by atoms with van der Waals surface area (Å²) < 4.78 is 29.9. The summed E-state index contributed by atoms with van der Waals surface area (Å²) in [7, 11) is 1.57. The molecule has 0 saturated carbocycles. The number of aromatic nitrogens is 2. The molecule has 3 aromatic rings. The molecule has 1 aromatic heterocycles. The van der Waals surface area contributed by atoms with Gasteiger partial charge in [-0.1, -0.05) is 23.4 Å².